The molecule has 2 aromatic rings. The lowest BCUT2D eigenvalue weighted by atomic mass is 9.89. The molecule has 29 heavy (non-hydrogen) atoms. The maximum Gasteiger partial charge on any atom is 0.313 e. The van der Waals surface area contributed by atoms with Gasteiger partial charge in [-0.1, -0.05) is 56.0 Å². The number of anilines is 1. The molecule has 1 aliphatic rings. The number of aromatic nitrogens is 2. The van der Waals surface area contributed by atoms with Crippen molar-refractivity contribution in [2.75, 3.05) is 25.1 Å². The van der Waals surface area contributed by atoms with Crippen LogP contribution >= 0.6 is 0 Å². The summed E-state index contributed by atoms with van der Waals surface area (Å²) in [6.07, 6.45) is 6.48. The summed E-state index contributed by atoms with van der Waals surface area (Å²) in [6, 6.07) is 8.37. The second kappa shape index (κ2) is 9.86. The summed E-state index contributed by atoms with van der Waals surface area (Å²) < 4.78 is 5.14. The molecule has 0 bridgehead atoms. The van der Waals surface area contributed by atoms with Gasteiger partial charge >= 0.3 is 5.97 Å². The van der Waals surface area contributed by atoms with E-state index >= 15 is 0 Å². The van der Waals surface area contributed by atoms with Crippen molar-refractivity contribution < 1.29 is 9.53 Å². The van der Waals surface area contributed by atoms with Crippen molar-refractivity contribution in [3.05, 3.63) is 41.1 Å². The molecule has 1 aromatic carbocycles. The Morgan fingerprint density at radius 2 is 1.72 bits per heavy atom. The number of rotatable bonds is 6. The Labute approximate surface area is 174 Å². The van der Waals surface area contributed by atoms with Gasteiger partial charge in [-0.15, -0.1) is 0 Å². The molecule has 1 saturated heterocycles. The van der Waals surface area contributed by atoms with Crippen molar-refractivity contribution in [1.82, 2.24) is 9.97 Å². The Bertz CT molecular complexity index is 825. The monoisotopic (exact) mass is 395 g/mol. The van der Waals surface area contributed by atoms with Crippen LogP contribution in [0.4, 0.5) is 5.95 Å². The molecule has 0 amide bonds. The Morgan fingerprint density at radius 3 is 2.31 bits per heavy atom. The molecule has 2 heterocycles. The van der Waals surface area contributed by atoms with Crippen LogP contribution in [-0.2, 0) is 9.53 Å². The van der Waals surface area contributed by atoms with E-state index in [1.54, 1.807) is 0 Å². The van der Waals surface area contributed by atoms with Gasteiger partial charge in [0.05, 0.1) is 18.7 Å². The SMILES string of the molecule is CCCC(C(=O)OC)c1c(C)nc(N2CCCCCC2)nc1-c1ccc(C)cc1. The summed E-state index contributed by atoms with van der Waals surface area (Å²) in [5.41, 5.74) is 4.87. The molecule has 5 heteroatoms. The van der Waals surface area contributed by atoms with Crippen molar-refractivity contribution in [2.24, 2.45) is 0 Å². The molecule has 3 rings (SSSR count). The predicted octanol–water partition coefficient (Wildman–Crippen LogP) is 5.20. The van der Waals surface area contributed by atoms with E-state index in [2.05, 4.69) is 43.0 Å². The van der Waals surface area contributed by atoms with E-state index in [0.717, 1.165) is 54.4 Å². The normalized spacial score (nSPS) is 15.7. The Kier molecular flexibility index (Phi) is 7.24. The molecule has 0 aliphatic carbocycles. The van der Waals surface area contributed by atoms with Crippen LogP contribution in [0.15, 0.2) is 24.3 Å². The molecule has 5 nitrogen and oxygen atoms in total. The lowest BCUT2D eigenvalue weighted by Gasteiger charge is -2.25. The average Bonchev–Trinajstić information content (AvgIpc) is 3.01. The highest BCUT2D eigenvalue weighted by molar-refractivity contribution is 5.82. The van der Waals surface area contributed by atoms with Gasteiger partial charge in [0.1, 0.15) is 0 Å². The van der Waals surface area contributed by atoms with E-state index in [4.69, 9.17) is 14.7 Å². The lowest BCUT2D eigenvalue weighted by molar-refractivity contribution is -0.142. The number of hydrogen-bond donors (Lipinski definition) is 0. The zero-order valence-electron chi connectivity index (χ0n) is 18.2. The summed E-state index contributed by atoms with van der Waals surface area (Å²) in [5, 5.41) is 0. The van der Waals surface area contributed by atoms with Crippen LogP contribution in [0.3, 0.4) is 0 Å². The van der Waals surface area contributed by atoms with Crippen LogP contribution in [0.25, 0.3) is 11.3 Å². The van der Waals surface area contributed by atoms with Crippen LogP contribution in [-0.4, -0.2) is 36.1 Å². The van der Waals surface area contributed by atoms with E-state index < -0.39 is 0 Å². The molecule has 1 unspecified atom stereocenters. The standard InChI is InChI=1S/C24H33N3O2/c1-5-10-20(23(28)29-4)21-18(3)25-24(27-15-8-6-7-9-16-27)26-22(21)19-13-11-17(2)12-14-19/h11-14,20H,5-10,15-16H2,1-4H3. The summed E-state index contributed by atoms with van der Waals surface area (Å²) in [5.74, 6) is 0.220. The van der Waals surface area contributed by atoms with Gasteiger partial charge in [-0.2, -0.15) is 0 Å². The van der Waals surface area contributed by atoms with Crippen LogP contribution in [0.1, 0.15) is 68.2 Å². The van der Waals surface area contributed by atoms with Crippen LogP contribution in [0.2, 0.25) is 0 Å². The number of aryl methyl sites for hydroxylation is 2. The smallest absolute Gasteiger partial charge is 0.313 e. The van der Waals surface area contributed by atoms with Crippen molar-refractivity contribution in [1.29, 1.82) is 0 Å². The molecule has 0 saturated carbocycles. The fourth-order valence-corrected chi connectivity index (χ4v) is 4.14. The highest BCUT2D eigenvalue weighted by Crippen LogP contribution is 2.35. The Balaban J connectivity index is 2.15. The topological polar surface area (TPSA) is 55.3 Å². The second-order valence-corrected chi connectivity index (χ2v) is 8.00. The maximum absolute atomic E-state index is 12.6. The minimum absolute atomic E-state index is 0.213. The minimum atomic E-state index is -0.348. The third-order valence-corrected chi connectivity index (χ3v) is 5.75. The Hall–Kier alpha value is -2.43. The summed E-state index contributed by atoms with van der Waals surface area (Å²) in [4.78, 5) is 24.8. The van der Waals surface area contributed by atoms with Gasteiger partial charge in [-0.05, 0) is 33.1 Å². The number of hydrogen-bond acceptors (Lipinski definition) is 5. The first-order chi connectivity index (χ1) is 14.0. The number of carbonyl (C=O) groups is 1. The van der Waals surface area contributed by atoms with E-state index in [0.29, 0.717) is 0 Å². The van der Waals surface area contributed by atoms with Gasteiger partial charge in [0, 0.05) is 29.9 Å². The lowest BCUT2D eigenvalue weighted by Crippen LogP contribution is -2.27. The quantitative estimate of drug-likeness (QED) is 0.630. The highest BCUT2D eigenvalue weighted by Gasteiger charge is 2.29. The molecule has 1 fully saturated rings. The number of methoxy groups -OCH3 is 1. The van der Waals surface area contributed by atoms with Crippen LogP contribution in [0, 0.1) is 13.8 Å². The summed E-state index contributed by atoms with van der Waals surface area (Å²) >= 11 is 0. The molecule has 0 spiro atoms. The van der Waals surface area contributed by atoms with Gasteiger partial charge in [0.25, 0.3) is 0 Å². The third kappa shape index (κ3) is 4.95. The highest BCUT2D eigenvalue weighted by atomic mass is 16.5. The molecule has 1 aliphatic heterocycles. The van der Waals surface area contributed by atoms with Crippen molar-refractivity contribution in [2.45, 2.75) is 65.2 Å². The summed E-state index contributed by atoms with van der Waals surface area (Å²) in [6.45, 7) is 8.14. The molecular formula is C24H33N3O2. The van der Waals surface area contributed by atoms with E-state index in [-0.39, 0.29) is 11.9 Å². The van der Waals surface area contributed by atoms with E-state index in [1.165, 1.54) is 38.4 Å². The largest absolute Gasteiger partial charge is 0.469 e. The van der Waals surface area contributed by atoms with Gasteiger partial charge in [-0.25, -0.2) is 9.97 Å². The average molecular weight is 396 g/mol. The number of esters is 1. The first-order valence-corrected chi connectivity index (χ1v) is 10.8. The number of benzene rings is 1. The zero-order chi connectivity index (χ0) is 20.8. The first kappa shape index (κ1) is 21.3. The maximum atomic E-state index is 12.6. The fourth-order valence-electron chi connectivity index (χ4n) is 4.14. The van der Waals surface area contributed by atoms with Gasteiger partial charge in [0.15, 0.2) is 0 Å². The van der Waals surface area contributed by atoms with Crippen LogP contribution in [0.5, 0.6) is 0 Å². The first-order valence-electron chi connectivity index (χ1n) is 10.8. The summed E-state index contributed by atoms with van der Waals surface area (Å²) in [7, 11) is 1.46. The van der Waals surface area contributed by atoms with Gasteiger partial charge in [-0.3, -0.25) is 4.79 Å². The molecule has 0 radical (unpaired) electrons. The van der Waals surface area contributed by atoms with E-state index in [1.807, 2.05) is 6.92 Å². The zero-order valence-corrected chi connectivity index (χ0v) is 18.2. The fraction of sp³-hybridized carbons (Fsp3) is 0.542. The number of nitrogens with zero attached hydrogens (tertiary/aromatic N) is 3. The van der Waals surface area contributed by atoms with Crippen molar-refractivity contribution in [3.8, 4) is 11.3 Å². The molecule has 156 valence electrons. The molecule has 0 N–H and O–H groups in total. The van der Waals surface area contributed by atoms with E-state index in [9.17, 15) is 4.79 Å². The number of ether oxygens (including phenoxy) is 1. The molecule has 1 atom stereocenters. The molecule has 1 aromatic heterocycles. The van der Waals surface area contributed by atoms with Crippen molar-refractivity contribution >= 4 is 11.9 Å². The third-order valence-electron chi connectivity index (χ3n) is 5.75. The van der Waals surface area contributed by atoms with Gasteiger partial charge < -0.3 is 9.64 Å². The predicted molar refractivity (Wildman–Crippen MR) is 117 cm³/mol. The second-order valence-electron chi connectivity index (χ2n) is 8.00. The number of carbonyl (C=O) groups excluding carboxylic acids is 1. The van der Waals surface area contributed by atoms with Crippen molar-refractivity contribution in [3.63, 3.8) is 0 Å². The van der Waals surface area contributed by atoms with Crippen LogP contribution < -0.4 is 4.90 Å². The Morgan fingerprint density at radius 1 is 1.07 bits per heavy atom. The van der Waals surface area contributed by atoms with Gasteiger partial charge in [0.2, 0.25) is 5.95 Å². The minimum Gasteiger partial charge on any atom is -0.469 e. The molecular weight excluding hydrogens is 362 g/mol.